The Labute approximate surface area is 157 Å². The molecule has 1 heterocycles. The van der Waals surface area contributed by atoms with Gasteiger partial charge in [-0.25, -0.2) is 0 Å². The second-order valence-corrected chi connectivity index (χ2v) is 6.59. The molecule has 1 N–H and O–H groups in total. The van der Waals surface area contributed by atoms with Crippen LogP contribution < -0.4 is 0 Å². The molecule has 1 atom stereocenters. The van der Waals surface area contributed by atoms with Crippen molar-refractivity contribution in [3.05, 3.63) is 88.5 Å². The lowest BCUT2D eigenvalue weighted by molar-refractivity contribution is -0.139. The zero-order valence-electron chi connectivity index (χ0n) is 14.3. The molecule has 0 unspecified atom stereocenters. The van der Waals surface area contributed by atoms with E-state index in [2.05, 4.69) is 6.58 Å². The topological polar surface area (TPSA) is 57.6 Å². The Bertz CT molecular complexity index is 898. The number of Topliss-reactive ketones (excluding diaryl/α,β-unsaturated/α-hetero) is 1. The van der Waals surface area contributed by atoms with E-state index in [4.69, 9.17) is 11.6 Å². The van der Waals surface area contributed by atoms with Gasteiger partial charge in [-0.1, -0.05) is 59.6 Å². The van der Waals surface area contributed by atoms with E-state index in [0.717, 1.165) is 5.56 Å². The van der Waals surface area contributed by atoms with Gasteiger partial charge in [0.1, 0.15) is 5.76 Å². The summed E-state index contributed by atoms with van der Waals surface area (Å²) < 4.78 is 0. The first kappa shape index (κ1) is 18.0. The summed E-state index contributed by atoms with van der Waals surface area (Å²) in [7, 11) is 0. The number of ketones is 1. The highest BCUT2D eigenvalue weighted by atomic mass is 35.5. The highest BCUT2D eigenvalue weighted by Gasteiger charge is 2.45. The van der Waals surface area contributed by atoms with Crippen LogP contribution in [0.2, 0.25) is 5.02 Å². The first-order valence-corrected chi connectivity index (χ1v) is 8.53. The fourth-order valence-corrected chi connectivity index (χ4v) is 3.19. The normalized spacial score (nSPS) is 19.0. The number of hydrogen-bond donors (Lipinski definition) is 1. The summed E-state index contributed by atoms with van der Waals surface area (Å²) in [5.41, 5.74) is 2.29. The molecule has 132 valence electrons. The third-order valence-electron chi connectivity index (χ3n) is 4.38. The lowest BCUT2D eigenvalue weighted by Crippen LogP contribution is -2.29. The van der Waals surface area contributed by atoms with E-state index in [1.165, 1.54) is 4.90 Å². The zero-order chi connectivity index (χ0) is 18.8. The number of aryl methyl sites for hydroxylation is 1. The Morgan fingerprint density at radius 3 is 2.35 bits per heavy atom. The SMILES string of the molecule is C=CCN1C(=O)C(=O)C(=C(O)c2ccc(C)cc2)[C@H]1c1ccc(Cl)cc1. The summed E-state index contributed by atoms with van der Waals surface area (Å²) in [5.74, 6) is -1.54. The molecule has 0 saturated carbocycles. The maximum atomic E-state index is 12.7. The van der Waals surface area contributed by atoms with Gasteiger partial charge in [-0.15, -0.1) is 6.58 Å². The molecular weight excluding hydrogens is 350 g/mol. The maximum Gasteiger partial charge on any atom is 0.295 e. The van der Waals surface area contributed by atoms with Crippen molar-refractivity contribution in [2.45, 2.75) is 13.0 Å². The smallest absolute Gasteiger partial charge is 0.295 e. The summed E-state index contributed by atoms with van der Waals surface area (Å²) in [4.78, 5) is 26.6. The first-order chi connectivity index (χ1) is 12.4. The predicted octanol–water partition coefficient (Wildman–Crippen LogP) is 4.26. The number of aliphatic hydroxyl groups is 1. The van der Waals surface area contributed by atoms with Crippen LogP contribution in [0, 0.1) is 6.92 Å². The van der Waals surface area contributed by atoms with Gasteiger partial charge in [-0.2, -0.15) is 0 Å². The second-order valence-electron chi connectivity index (χ2n) is 6.16. The Hall–Kier alpha value is -2.85. The van der Waals surface area contributed by atoms with E-state index >= 15 is 0 Å². The molecule has 2 aromatic carbocycles. The molecule has 5 heteroatoms. The molecule has 0 spiro atoms. The van der Waals surface area contributed by atoms with Crippen LogP contribution >= 0.6 is 11.6 Å². The first-order valence-electron chi connectivity index (χ1n) is 8.16. The summed E-state index contributed by atoms with van der Waals surface area (Å²) in [6.07, 6.45) is 1.56. The van der Waals surface area contributed by atoms with Crippen LogP contribution in [0.1, 0.15) is 22.7 Å². The lowest BCUT2D eigenvalue weighted by Gasteiger charge is -2.24. The molecule has 4 nitrogen and oxygen atoms in total. The fraction of sp³-hybridized carbons (Fsp3) is 0.143. The van der Waals surface area contributed by atoms with Gasteiger partial charge in [0.05, 0.1) is 11.6 Å². The molecule has 3 rings (SSSR count). The van der Waals surface area contributed by atoms with Gasteiger partial charge in [0.25, 0.3) is 11.7 Å². The lowest BCUT2D eigenvalue weighted by atomic mass is 9.95. The van der Waals surface area contributed by atoms with Crippen molar-refractivity contribution < 1.29 is 14.7 Å². The Balaban J connectivity index is 2.18. The van der Waals surface area contributed by atoms with Crippen LogP contribution in [0.15, 0.2) is 66.8 Å². The van der Waals surface area contributed by atoms with Crippen molar-refractivity contribution in [2.75, 3.05) is 6.54 Å². The van der Waals surface area contributed by atoms with Crippen LogP contribution in [0.5, 0.6) is 0 Å². The maximum absolute atomic E-state index is 12.7. The Kier molecular flexibility index (Phi) is 4.96. The molecule has 0 aliphatic carbocycles. The summed E-state index contributed by atoms with van der Waals surface area (Å²) in [5, 5.41) is 11.3. The fourth-order valence-electron chi connectivity index (χ4n) is 3.07. The molecule has 1 amide bonds. The van der Waals surface area contributed by atoms with E-state index in [0.29, 0.717) is 16.1 Å². The van der Waals surface area contributed by atoms with Crippen molar-refractivity contribution in [2.24, 2.45) is 0 Å². The quantitative estimate of drug-likeness (QED) is 0.380. The standard InChI is InChI=1S/C21H18ClNO3/c1-3-12-23-18(14-8-10-16(22)11-9-14)17(20(25)21(23)26)19(24)15-6-4-13(2)5-7-15/h3-11,18,24H,1,12H2,2H3/t18-/m1/s1. The van der Waals surface area contributed by atoms with E-state index in [1.807, 2.05) is 19.1 Å². The van der Waals surface area contributed by atoms with E-state index in [1.54, 1.807) is 42.5 Å². The molecule has 1 saturated heterocycles. The number of rotatable bonds is 4. The molecule has 0 radical (unpaired) electrons. The van der Waals surface area contributed by atoms with Gasteiger partial charge < -0.3 is 10.0 Å². The van der Waals surface area contributed by atoms with Crippen molar-refractivity contribution in [1.82, 2.24) is 4.90 Å². The predicted molar refractivity (Wildman–Crippen MR) is 102 cm³/mol. The van der Waals surface area contributed by atoms with Gasteiger partial charge >= 0.3 is 0 Å². The number of hydrogen-bond acceptors (Lipinski definition) is 3. The Morgan fingerprint density at radius 1 is 1.15 bits per heavy atom. The van der Waals surface area contributed by atoms with E-state index in [-0.39, 0.29) is 17.9 Å². The van der Waals surface area contributed by atoms with Crippen LogP contribution in [-0.2, 0) is 9.59 Å². The highest BCUT2D eigenvalue weighted by Crippen LogP contribution is 2.39. The average molecular weight is 368 g/mol. The zero-order valence-corrected chi connectivity index (χ0v) is 15.0. The number of amides is 1. The number of carbonyl (C=O) groups is 2. The molecule has 1 aliphatic rings. The molecular formula is C21H18ClNO3. The molecule has 1 aliphatic heterocycles. The third kappa shape index (κ3) is 3.16. The summed E-state index contributed by atoms with van der Waals surface area (Å²) >= 11 is 5.96. The highest BCUT2D eigenvalue weighted by molar-refractivity contribution is 6.46. The van der Waals surface area contributed by atoms with Crippen molar-refractivity contribution in [3.8, 4) is 0 Å². The Morgan fingerprint density at radius 2 is 1.77 bits per heavy atom. The molecule has 0 bridgehead atoms. The average Bonchev–Trinajstić information content (AvgIpc) is 2.88. The minimum Gasteiger partial charge on any atom is -0.507 e. The molecule has 26 heavy (non-hydrogen) atoms. The minimum absolute atomic E-state index is 0.0722. The number of benzene rings is 2. The van der Waals surface area contributed by atoms with Crippen molar-refractivity contribution in [1.29, 1.82) is 0 Å². The van der Waals surface area contributed by atoms with Crippen LogP contribution in [0.3, 0.4) is 0 Å². The molecule has 1 fully saturated rings. The number of likely N-dealkylation sites (tertiary alicyclic amines) is 1. The summed E-state index contributed by atoms with van der Waals surface area (Å²) in [6.45, 7) is 5.79. The minimum atomic E-state index is -0.704. The van der Waals surface area contributed by atoms with Gasteiger partial charge in [0.15, 0.2) is 0 Å². The van der Waals surface area contributed by atoms with E-state index < -0.39 is 17.7 Å². The second kappa shape index (κ2) is 7.18. The number of halogens is 1. The largest absolute Gasteiger partial charge is 0.507 e. The number of nitrogens with zero attached hydrogens (tertiary/aromatic N) is 1. The molecule has 0 aromatic heterocycles. The van der Waals surface area contributed by atoms with Crippen LogP contribution in [0.4, 0.5) is 0 Å². The van der Waals surface area contributed by atoms with Crippen molar-refractivity contribution >= 4 is 29.1 Å². The number of carbonyl (C=O) groups excluding carboxylic acids is 2. The molecule has 2 aromatic rings. The van der Waals surface area contributed by atoms with Crippen molar-refractivity contribution in [3.63, 3.8) is 0 Å². The van der Waals surface area contributed by atoms with Crippen LogP contribution in [0.25, 0.3) is 5.76 Å². The van der Waals surface area contributed by atoms with Gasteiger partial charge in [0.2, 0.25) is 0 Å². The van der Waals surface area contributed by atoms with Gasteiger partial charge in [-0.3, -0.25) is 9.59 Å². The summed E-state index contributed by atoms with van der Waals surface area (Å²) in [6, 6.07) is 13.3. The van der Waals surface area contributed by atoms with E-state index in [9.17, 15) is 14.7 Å². The third-order valence-corrected chi connectivity index (χ3v) is 4.63. The number of aliphatic hydroxyl groups excluding tert-OH is 1. The van der Waals surface area contributed by atoms with Gasteiger partial charge in [0, 0.05) is 17.1 Å². The monoisotopic (exact) mass is 367 g/mol. The van der Waals surface area contributed by atoms with Gasteiger partial charge in [-0.05, 0) is 24.6 Å². The van der Waals surface area contributed by atoms with Crippen LogP contribution in [-0.4, -0.2) is 28.2 Å².